The summed E-state index contributed by atoms with van der Waals surface area (Å²) in [5.41, 5.74) is -1.06. The van der Waals surface area contributed by atoms with E-state index in [0.29, 0.717) is 31.3 Å². The second-order valence-corrected chi connectivity index (χ2v) is 7.55. The Hall–Kier alpha value is -2.57. The molecule has 0 radical (unpaired) electrons. The van der Waals surface area contributed by atoms with Gasteiger partial charge in [-0.15, -0.1) is 0 Å². The number of benzene rings is 1. The van der Waals surface area contributed by atoms with Crippen LogP contribution in [-0.4, -0.2) is 44.3 Å². The Morgan fingerprint density at radius 2 is 1.93 bits per heavy atom. The number of para-hydroxylation sites is 1. The molecule has 146 valence electrons. The molecule has 1 N–H and O–H groups in total. The number of nitrogens with zero attached hydrogens (tertiary/aromatic N) is 3. The van der Waals surface area contributed by atoms with Gasteiger partial charge in [-0.05, 0) is 51.7 Å². The molecule has 0 aliphatic carbocycles. The van der Waals surface area contributed by atoms with Crippen molar-refractivity contribution < 1.29 is 9.53 Å². The fraction of sp³-hybridized carbons (Fsp3) is 0.550. The average Bonchev–Trinajstić information content (AvgIpc) is 3.01. The highest BCUT2D eigenvalue weighted by Crippen LogP contribution is 2.25. The number of hydrogen-bond donors (Lipinski definition) is 1. The number of hydrogen-bond acceptors (Lipinski definition) is 4. The maximum absolute atomic E-state index is 12.9. The van der Waals surface area contributed by atoms with Gasteiger partial charge in [0.15, 0.2) is 5.60 Å². The first-order valence-corrected chi connectivity index (χ1v) is 9.58. The van der Waals surface area contributed by atoms with Crippen LogP contribution < -0.4 is 10.4 Å². The van der Waals surface area contributed by atoms with Crippen molar-refractivity contribution in [2.24, 2.45) is 5.92 Å². The smallest absolute Gasteiger partial charge is 0.343 e. The molecule has 0 saturated carbocycles. The second-order valence-electron chi connectivity index (χ2n) is 7.55. The van der Waals surface area contributed by atoms with Gasteiger partial charge in [0.1, 0.15) is 11.6 Å². The number of aromatic amines is 1. The molecular weight excluding hydrogens is 344 g/mol. The van der Waals surface area contributed by atoms with Crippen LogP contribution in [0.4, 0.5) is 0 Å². The monoisotopic (exact) mass is 372 g/mol. The number of rotatable bonds is 6. The van der Waals surface area contributed by atoms with E-state index in [0.717, 1.165) is 25.1 Å². The number of carbonyl (C=O) groups is 1. The van der Waals surface area contributed by atoms with Gasteiger partial charge in [-0.1, -0.05) is 18.2 Å². The summed E-state index contributed by atoms with van der Waals surface area (Å²) < 4.78 is 7.60. The Labute approximate surface area is 159 Å². The van der Waals surface area contributed by atoms with E-state index in [1.807, 2.05) is 56.0 Å². The van der Waals surface area contributed by atoms with Gasteiger partial charge in [0.25, 0.3) is 5.91 Å². The average molecular weight is 372 g/mol. The van der Waals surface area contributed by atoms with Gasteiger partial charge in [-0.2, -0.15) is 5.10 Å². The van der Waals surface area contributed by atoms with E-state index in [1.165, 1.54) is 0 Å². The van der Waals surface area contributed by atoms with E-state index in [-0.39, 0.29) is 11.6 Å². The van der Waals surface area contributed by atoms with Crippen LogP contribution in [0.1, 0.15) is 39.4 Å². The highest BCUT2D eigenvalue weighted by Gasteiger charge is 2.36. The highest BCUT2D eigenvalue weighted by atomic mass is 16.5. The number of piperidine rings is 1. The molecule has 7 nitrogen and oxygen atoms in total. The largest absolute Gasteiger partial charge is 0.478 e. The van der Waals surface area contributed by atoms with Gasteiger partial charge in [-0.3, -0.25) is 9.36 Å². The van der Waals surface area contributed by atoms with Crippen molar-refractivity contribution in [1.82, 2.24) is 19.7 Å². The summed E-state index contributed by atoms with van der Waals surface area (Å²) in [4.78, 5) is 26.5. The molecule has 0 bridgehead atoms. The van der Waals surface area contributed by atoms with Crippen molar-refractivity contribution in [3.63, 3.8) is 0 Å². The summed E-state index contributed by atoms with van der Waals surface area (Å²) in [5.74, 6) is 1.93. The zero-order chi connectivity index (χ0) is 19.4. The summed E-state index contributed by atoms with van der Waals surface area (Å²) in [7, 11) is 0. The van der Waals surface area contributed by atoms with Crippen LogP contribution in [0.15, 0.2) is 35.1 Å². The van der Waals surface area contributed by atoms with E-state index in [1.54, 1.807) is 4.57 Å². The van der Waals surface area contributed by atoms with E-state index in [9.17, 15) is 9.59 Å². The molecule has 0 spiro atoms. The summed E-state index contributed by atoms with van der Waals surface area (Å²) in [6.45, 7) is 7.59. The normalized spacial score (nSPS) is 15.7. The van der Waals surface area contributed by atoms with Crippen LogP contribution >= 0.6 is 0 Å². The molecular formula is C20H28N4O3. The molecule has 1 fully saturated rings. The molecule has 0 atom stereocenters. The third-order valence-electron chi connectivity index (χ3n) is 5.16. The molecule has 1 saturated heterocycles. The van der Waals surface area contributed by atoms with E-state index in [2.05, 4.69) is 10.2 Å². The summed E-state index contributed by atoms with van der Waals surface area (Å²) >= 11 is 0. The van der Waals surface area contributed by atoms with E-state index in [4.69, 9.17) is 4.74 Å². The lowest BCUT2D eigenvalue weighted by atomic mass is 9.92. The van der Waals surface area contributed by atoms with Crippen molar-refractivity contribution in [3.05, 3.63) is 46.6 Å². The molecule has 1 aromatic heterocycles. The number of likely N-dealkylation sites (tertiary alicyclic amines) is 1. The molecule has 0 unspecified atom stereocenters. The summed E-state index contributed by atoms with van der Waals surface area (Å²) in [6.07, 6.45) is 2.56. The van der Waals surface area contributed by atoms with Crippen molar-refractivity contribution in [2.45, 2.75) is 52.2 Å². The maximum atomic E-state index is 12.9. The predicted octanol–water partition coefficient (Wildman–Crippen LogP) is 2.23. The van der Waals surface area contributed by atoms with Crippen LogP contribution in [0.5, 0.6) is 5.75 Å². The molecule has 3 rings (SSSR count). The van der Waals surface area contributed by atoms with Crippen molar-refractivity contribution in [1.29, 1.82) is 0 Å². The third-order valence-corrected chi connectivity index (χ3v) is 5.16. The lowest BCUT2D eigenvalue weighted by Crippen LogP contribution is -2.51. The van der Waals surface area contributed by atoms with Crippen LogP contribution in [-0.2, 0) is 17.8 Å². The third kappa shape index (κ3) is 4.40. The number of nitrogens with one attached hydrogen (secondary N) is 1. The first kappa shape index (κ1) is 19.2. The standard InChI is InChI=1S/C20H28N4O3/c1-4-24-17(21-22-19(24)26)14-15-10-12-23(13-11-15)18(25)20(2,3)27-16-8-6-5-7-9-16/h5-9,15H,4,10-14H2,1-3H3,(H,22,26). The SMILES string of the molecule is CCn1c(CC2CCN(C(=O)C(C)(C)Oc3ccccc3)CC2)n[nH]c1=O. The summed E-state index contributed by atoms with van der Waals surface area (Å²) in [5, 5.41) is 6.67. The lowest BCUT2D eigenvalue weighted by molar-refractivity contribution is -0.146. The zero-order valence-electron chi connectivity index (χ0n) is 16.3. The Kier molecular flexibility index (Phi) is 5.68. The molecule has 27 heavy (non-hydrogen) atoms. The first-order valence-electron chi connectivity index (χ1n) is 9.58. The van der Waals surface area contributed by atoms with Crippen molar-refractivity contribution >= 4 is 5.91 Å². The van der Waals surface area contributed by atoms with Gasteiger partial charge >= 0.3 is 5.69 Å². The van der Waals surface area contributed by atoms with Gasteiger partial charge in [-0.25, -0.2) is 9.89 Å². The van der Waals surface area contributed by atoms with Crippen LogP contribution in [0.3, 0.4) is 0 Å². The minimum Gasteiger partial charge on any atom is -0.478 e. The van der Waals surface area contributed by atoms with Crippen LogP contribution in [0.25, 0.3) is 0 Å². The number of aromatic nitrogens is 3. The number of amides is 1. The van der Waals surface area contributed by atoms with Gasteiger partial charge in [0.2, 0.25) is 0 Å². The maximum Gasteiger partial charge on any atom is 0.343 e. The Balaban J connectivity index is 1.56. The Bertz CT molecular complexity index is 817. The fourth-order valence-electron chi connectivity index (χ4n) is 3.64. The number of carbonyl (C=O) groups excluding carboxylic acids is 1. The zero-order valence-corrected chi connectivity index (χ0v) is 16.3. The van der Waals surface area contributed by atoms with Gasteiger partial charge in [0.05, 0.1) is 0 Å². The van der Waals surface area contributed by atoms with E-state index >= 15 is 0 Å². The molecule has 1 aromatic carbocycles. The molecule has 1 aliphatic heterocycles. The fourth-order valence-corrected chi connectivity index (χ4v) is 3.64. The number of H-pyrrole nitrogens is 1. The Morgan fingerprint density at radius 3 is 2.56 bits per heavy atom. The van der Waals surface area contributed by atoms with Crippen LogP contribution in [0, 0.1) is 5.92 Å². The number of ether oxygens (including phenoxy) is 1. The van der Waals surface area contributed by atoms with Gasteiger partial charge in [0, 0.05) is 26.1 Å². The predicted molar refractivity (Wildman–Crippen MR) is 103 cm³/mol. The molecule has 7 heteroatoms. The minimum absolute atomic E-state index is 0.00930. The van der Waals surface area contributed by atoms with E-state index < -0.39 is 5.60 Å². The molecule has 1 amide bonds. The highest BCUT2D eigenvalue weighted by molar-refractivity contribution is 5.84. The lowest BCUT2D eigenvalue weighted by Gasteiger charge is -2.37. The van der Waals surface area contributed by atoms with Gasteiger partial charge < -0.3 is 9.64 Å². The molecule has 1 aliphatic rings. The van der Waals surface area contributed by atoms with Crippen molar-refractivity contribution in [3.8, 4) is 5.75 Å². The topological polar surface area (TPSA) is 80.2 Å². The first-order chi connectivity index (χ1) is 12.9. The Morgan fingerprint density at radius 1 is 1.26 bits per heavy atom. The minimum atomic E-state index is -0.904. The molecule has 2 aromatic rings. The molecule has 2 heterocycles. The quantitative estimate of drug-likeness (QED) is 0.843. The van der Waals surface area contributed by atoms with Crippen LogP contribution in [0.2, 0.25) is 0 Å². The summed E-state index contributed by atoms with van der Waals surface area (Å²) in [6, 6.07) is 9.43. The van der Waals surface area contributed by atoms with Crippen molar-refractivity contribution in [2.75, 3.05) is 13.1 Å². The second kappa shape index (κ2) is 7.98.